The zero-order chi connectivity index (χ0) is 19.7. The van der Waals surface area contributed by atoms with Gasteiger partial charge in [-0.3, -0.25) is 9.59 Å². The van der Waals surface area contributed by atoms with Gasteiger partial charge in [0.25, 0.3) is 11.8 Å². The van der Waals surface area contributed by atoms with Crippen molar-refractivity contribution < 1.29 is 14.0 Å². The van der Waals surface area contributed by atoms with Crippen LogP contribution in [0.3, 0.4) is 0 Å². The fraction of sp³-hybridized carbons (Fsp3) is 0.455. The Kier molecular flexibility index (Phi) is 5.49. The lowest BCUT2D eigenvalue weighted by molar-refractivity contribution is 0.0702. The fourth-order valence-electron chi connectivity index (χ4n) is 4.06. The van der Waals surface area contributed by atoms with E-state index in [9.17, 15) is 14.0 Å². The van der Waals surface area contributed by atoms with Crippen LogP contribution in [0.5, 0.6) is 0 Å². The Morgan fingerprint density at radius 2 is 1.86 bits per heavy atom. The summed E-state index contributed by atoms with van der Waals surface area (Å²) in [5, 5.41) is 3.00. The number of carbonyl (C=O) groups is 2. The molecule has 1 aromatic heterocycles. The molecule has 6 heteroatoms. The molecule has 2 aliphatic rings. The maximum atomic E-state index is 13.0. The summed E-state index contributed by atoms with van der Waals surface area (Å²) in [6, 6.07) is 7.69. The van der Waals surface area contributed by atoms with Crippen molar-refractivity contribution in [3.63, 3.8) is 0 Å². The number of carbonyl (C=O) groups excluding carboxylic acids is 2. The molecule has 1 aliphatic heterocycles. The first-order valence-electron chi connectivity index (χ1n) is 9.97. The monoisotopic (exact) mass is 400 g/mol. The van der Waals surface area contributed by atoms with Crippen molar-refractivity contribution in [3.05, 3.63) is 57.0 Å². The highest BCUT2D eigenvalue weighted by Gasteiger charge is 2.27. The molecule has 148 valence electrons. The third kappa shape index (κ3) is 4.12. The number of piperidine rings is 1. The van der Waals surface area contributed by atoms with E-state index < -0.39 is 0 Å². The molecule has 4 rings (SSSR count). The lowest BCUT2D eigenvalue weighted by atomic mass is 9.90. The molecule has 1 unspecified atom stereocenters. The van der Waals surface area contributed by atoms with Gasteiger partial charge in [-0.15, -0.1) is 11.3 Å². The number of aryl methyl sites for hydroxylation is 1. The van der Waals surface area contributed by atoms with Crippen LogP contribution in [0.25, 0.3) is 0 Å². The summed E-state index contributed by atoms with van der Waals surface area (Å²) in [6.07, 6.45) is 4.85. The molecule has 28 heavy (non-hydrogen) atoms. The summed E-state index contributed by atoms with van der Waals surface area (Å²) in [5.41, 5.74) is 1.81. The highest BCUT2D eigenvalue weighted by Crippen LogP contribution is 2.33. The average Bonchev–Trinajstić information content (AvgIpc) is 3.11. The second kappa shape index (κ2) is 8.03. The number of fused-ring (bicyclic) bond motifs is 1. The Bertz CT molecular complexity index is 869. The van der Waals surface area contributed by atoms with Crippen molar-refractivity contribution >= 4 is 23.2 Å². The van der Waals surface area contributed by atoms with Crippen LogP contribution in [0.1, 0.15) is 56.7 Å². The summed E-state index contributed by atoms with van der Waals surface area (Å²) in [7, 11) is 0. The van der Waals surface area contributed by atoms with Gasteiger partial charge in [-0.2, -0.15) is 0 Å². The van der Waals surface area contributed by atoms with Gasteiger partial charge in [-0.05, 0) is 73.9 Å². The number of nitrogens with one attached hydrogen (secondary N) is 1. The van der Waals surface area contributed by atoms with Crippen LogP contribution in [0, 0.1) is 11.7 Å². The second-order valence-corrected chi connectivity index (χ2v) is 9.09. The molecule has 1 aliphatic carbocycles. The minimum Gasteiger partial charge on any atom is -0.349 e. The third-order valence-electron chi connectivity index (χ3n) is 5.76. The lowest BCUT2D eigenvalue weighted by Crippen LogP contribution is -2.46. The molecule has 0 saturated carbocycles. The largest absolute Gasteiger partial charge is 0.349 e. The van der Waals surface area contributed by atoms with Gasteiger partial charge >= 0.3 is 0 Å². The van der Waals surface area contributed by atoms with E-state index in [2.05, 4.69) is 18.3 Å². The van der Waals surface area contributed by atoms with Crippen molar-refractivity contribution in [2.24, 2.45) is 5.92 Å². The number of hydrogen-bond acceptors (Lipinski definition) is 3. The molecule has 1 aromatic carbocycles. The van der Waals surface area contributed by atoms with E-state index >= 15 is 0 Å². The SMILES string of the molecule is CC1CCc2sc(C(=O)N3CCC(NC(=O)c4ccc(F)cc4)CC3)cc2C1. The van der Waals surface area contributed by atoms with Gasteiger partial charge in [0.05, 0.1) is 4.88 Å². The Hall–Kier alpha value is -2.21. The molecule has 2 amide bonds. The zero-order valence-corrected chi connectivity index (χ0v) is 16.9. The molecular weight excluding hydrogens is 375 g/mol. The normalized spacial score (nSPS) is 19.9. The van der Waals surface area contributed by atoms with E-state index in [0.29, 0.717) is 24.6 Å². The number of hydrogen-bond donors (Lipinski definition) is 1. The molecule has 2 heterocycles. The molecule has 1 fully saturated rings. The van der Waals surface area contributed by atoms with E-state index in [1.54, 1.807) is 11.3 Å². The third-order valence-corrected chi connectivity index (χ3v) is 6.99. The average molecular weight is 401 g/mol. The molecule has 1 saturated heterocycles. The maximum absolute atomic E-state index is 13.0. The van der Waals surface area contributed by atoms with Crippen LogP contribution in [-0.4, -0.2) is 35.8 Å². The number of thiophene rings is 1. The molecule has 0 spiro atoms. The minimum atomic E-state index is -0.354. The Balaban J connectivity index is 1.32. The van der Waals surface area contributed by atoms with Gasteiger partial charge < -0.3 is 10.2 Å². The van der Waals surface area contributed by atoms with Crippen LogP contribution < -0.4 is 5.32 Å². The van der Waals surface area contributed by atoms with Gasteiger partial charge in [0.1, 0.15) is 5.82 Å². The number of likely N-dealkylation sites (tertiary alicyclic amines) is 1. The van der Waals surface area contributed by atoms with Gasteiger partial charge in [0, 0.05) is 29.6 Å². The van der Waals surface area contributed by atoms with Crippen LogP contribution >= 0.6 is 11.3 Å². The van der Waals surface area contributed by atoms with E-state index in [-0.39, 0.29) is 23.7 Å². The highest BCUT2D eigenvalue weighted by molar-refractivity contribution is 7.14. The molecule has 0 radical (unpaired) electrons. The van der Waals surface area contributed by atoms with Crippen LogP contribution in [0.2, 0.25) is 0 Å². The van der Waals surface area contributed by atoms with E-state index in [0.717, 1.165) is 30.6 Å². The van der Waals surface area contributed by atoms with Crippen LogP contribution in [0.4, 0.5) is 4.39 Å². The van der Waals surface area contributed by atoms with Crippen molar-refractivity contribution in [3.8, 4) is 0 Å². The highest BCUT2D eigenvalue weighted by atomic mass is 32.1. The van der Waals surface area contributed by atoms with Crippen molar-refractivity contribution in [1.82, 2.24) is 10.2 Å². The van der Waals surface area contributed by atoms with Gasteiger partial charge in [0.2, 0.25) is 0 Å². The van der Waals surface area contributed by atoms with Crippen molar-refractivity contribution in [2.45, 2.75) is 45.1 Å². The second-order valence-electron chi connectivity index (χ2n) is 7.95. The quantitative estimate of drug-likeness (QED) is 0.845. The summed E-state index contributed by atoms with van der Waals surface area (Å²) in [6.45, 7) is 3.56. The predicted molar refractivity (Wildman–Crippen MR) is 108 cm³/mol. The molecule has 2 aromatic rings. The number of rotatable bonds is 3. The molecule has 4 nitrogen and oxygen atoms in total. The minimum absolute atomic E-state index is 0.0407. The van der Waals surface area contributed by atoms with Crippen molar-refractivity contribution in [2.75, 3.05) is 13.1 Å². The number of halogens is 1. The smallest absolute Gasteiger partial charge is 0.263 e. The first-order chi connectivity index (χ1) is 13.5. The predicted octanol–water partition coefficient (Wildman–Crippen LogP) is 4.05. The Morgan fingerprint density at radius 3 is 2.57 bits per heavy atom. The Labute approximate surface area is 168 Å². The topological polar surface area (TPSA) is 49.4 Å². The summed E-state index contributed by atoms with van der Waals surface area (Å²) in [4.78, 5) is 29.3. The van der Waals surface area contributed by atoms with Crippen LogP contribution in [-0.2, 0) is 12.8 Å². The van der Waals surface area contributed by atoms with Gasteiger partial charge in [0.15, 0.2) is 0 Å². The Morgan fingerprint density at radius 1 is 1.14 bits per heavy atom. The van der Waals surface area contributed by atoms with E-state index in [1.807, 2.05) is 4.90 Å². The number of amides is 2. The first kappa shape index (κ1) is 19.1. The first-order valence-corrected chi connectivity index (χ1v) is 10.8. The van der Waals surface area contributed by atoms with Crippen molar-refractivity contribution in [1.29, 1.82) is 0 Å². The summed E-state index contributed by atoms with van der Waals surface area (Å²) >= 11 is 1.66. The van der Waals surface area contributed by atoms with Crippen LogP contribution in [0.15, 0.2) is 30.3 Å². The number of benzene rings is 1. The molecule has 1 atom stereocenters. The van der Waals surface area contributed by atoms with Gasteiger partial charge in [-0.1, -0.05) is 6.92 Å². The molecular formula is C22H25FN2O2S. The summed E-state index contributed by atoms with van der Waals surface area (Å²) in [5.74, 6) is 0.277. The maximum Gasteiger partial charge on any atom is 0.263 e. The van der Waals surface area contributed by atoms with E-state index in [1.165, 1.54) is 41.1 Å². The fourth-order valence-corrected chi connectivity index (χ4v) is 5.24. The lowest BCUT2D eigenvalue weighted by Gasteiger charge is -2.32. The molecule has 0 bridgehead atoms. The molecule has 1 N–H and O–H groups in total. The standard InChI is InChI=1S/C22H25FN2O2S/c1-14-2-7-19-16(12-14)13-20(28-19)22(27)25-10-8-18(9-11-25)24-21(26)15-3-5-17(23)6-4-15/h3-6,13-14,18H,2,7-12H2,1H3,(H,24,26). The van der Waals surface area contributed by atoms with Gasteiger partial charge in [-0.25, -0.2) is 4.39 Å². The van der Waals surface area contributed by atoms with E-state index in [4.69, 9.17) is 0 Å². The number of nitrogens with zero attached hydrogens (tertiary/aromatic N) is 1. The summed E-state index contributed by atoms with van der Waals surface area (Å²) < 4.78 is 13.0. The zero-order valence-electron chi connectivity index (χ0n) is 16.0.